The summed E-state index contributed by atoms with van der Waals surface area (Å²) in [6.07, 6.45) is 0. The summed E-state index contributed by atoms with van der Waals surface area (Å²) in [5.74, 6) is -0.00770. The molecule has 8 heteroatoms. The molecule has 0 N–H and O–H groups in total. The monoisotopic (exact) mass is 654 g/mol. The fraction of sp³-hybridized carbons (Fsp3) is 0.0526. The number of hydrogen-bond acceptors (Lipinski definition) is 2. The summed E-state index contributed by atoms with van der Waals surface area (Å²) < 4.78 is 16.0. The predicted octanol–water partition coefficient (Wildman–Crippen LogP) is 8.72. The summed E-state index contributed by atoms with van der Waals surface area (Å²) in [5, 5.41) is 1.27. The molecule has 2 nitrogen and oxygen atoms in total. The largest absolute Gasteiger partial charge is 0.439 e. The van der Waals surface area contributed by atoms with Crippen molar-refractivity contribution < 1.29 is 9.47 Å². The van der Waals surface area contributed by atoms with Gasteiger partial charge in [-0.1, -0.05) is 23.2 Å². The summed E-state index contributed by atoms with van der Waals surface area (Å²) in [6.45, 7) is 0. The van der Waals surface area contributed by atoms with Gasteiger partial charge in [0, 0.05) is 21.2 Å². The van der Waals surface area contributed by atoms with Gasteiger partial charge in [0.05, 0.1) is 17.9 Å². The van der Waals surface area contributed by atoms with Gasteiger partial charge in [-0.15, -0.1) is 0 Å². The van der Waals surface area contributed by atoms with Crippen molar-refractivity contribution in [3.05, 3.63) is 87.6 Å². The van der Waals surface area contributed by atoms with E-state index in [4.69, 9.17) is 32.7 Å². The van der Waals surface area contributed by atoms with E-state index >= 15 is 0 Å². The van der Waals surface area contributed by atoms with E-state index in [2.05, 4.69) is 63.7 Å². The van der Waals surface area contributed by atoms with Crippen LogP contribution < -0.4 is 9.47 Å². The van der Waals surface area contributed by atoms with E-state index in [9.17, 15) is 0 Å². The van der Waals surface area contributed by atoms with Crippen molar-refractivity contribution in [3.63, 3.8) is 0 Å². The smallest absolute Gasteiger partial charge is 0.305 e. The van der Waals surface area contributed by atoms with Crippen molar-refractivity contribution in [2.75, 3.05) is 0 Å². The van der Waals surface area contributed by atoms with Crippen LogP contribution in [0.15, 0.2) is 66.4 Å². The molecule has 0 aliphatic carbocycles. The highest BCUT2D eigenvalue weighted by atomic mass is 79.9. The number of benzene rings is 3. The molecule has 3 aromatic carbocycles. The van der Waals surface area contributed by atoms with Crippen molar-refractivity contribution in [2.45, 2.75) is 5.79 Å². The Labute approximate surface area is 199 Å². The Bertz CT molecular complexity index is 953. The molecule has 4 rings (SSSR count). The number of ether oxygens (including phenoxy) is 2. The highest BCUT2D eigenvalue weighted by Crippen LogP contribution is 2.58. The van der Waals surface area contributed by atoms with E-state index < -0.39 is 5.79 Å². The Morgan fingerprint density at radius 2 is 0.889 bits per heavy atom. The van der Waals surface area contributed by atoms with Crippen LogP contribution in [0.3, 0.4) is 0 Å². The van der Waals surface area contributed by atoms with Crippen LogP contribution in [0.25, 0.3) is 0 Å². The maximum Gasteiger partial charge on any atom is 0.305 e. The molecule has 3 aromatic rings. The Hall–Kier alpha value is -0.240. The molecule has 0 saturated heterocycles. The zero-order valence-electron chi connectivity index (χ0n) is 13.2. The maximum atomic E-state index is 6.46. The number of rotatable bonds is 2. The molecular weight excluding hydrogens is 651 g/mol. The van der Waals surface area contributed by atoms with Crippen molar-refractivity contribution in [2.24, 2.45) is 0 Å². The van der Waals surface area contributed by atoms with E-state index in [1.54, 1.807) is 24.3 Å². The molecule has 1 aliphatic heterocycles. The number of halogens is 6. The van der Waals surface area contributed by atoms with Crippen molar-refractivity contribution >= 4 is 86.9 Å². The summed E-state index contributed by atoms with van der Waals surface area (Å²) in [4.78, 5) is 0. The number of fused-ring (bicyclic) bond motifs is 1. The van der Waals surface area contributed by atoms with Crippen LogP contribution in [0.4, 0.5) is 0 Å². The molecule has 0 saturated carbocycles. The van der Waals surface area contributed by atoms with Crippen LogP contribution in [-0.2, 0) is 5.79 Å². The Kier molecular flexibility index (Phi) is 5.60. The average Bonchev–Trinajstić information content (AvgIpc) is 3.08. The maximum absolute atomic E-state index is 6.46. The Balaban J connectivity index is 1.96. The van der Waals surface area contributed by atoms with Crippen molar-refractivity contribution in [1.29, 1.82) is 0 Å². The first kappa shape index (κ1) is 20.0. The molecule has 27 heavy (non-hydrogen) atoms. The molecular formula is C19H8Br4Cl2O2. The summed E-state index contributed by atoms with van der Waals surface area (Å²) in [7, 11) is 0. The normalized spacial score (nSPS) is 14.4. The second-order valence-electron chi connectivity index (χ2n) is 5.75. The third-order valence-electron chi connectivity index (χ3n) is 4.12. The fourth-order valence-electron chi connectivity index (χ4n) is 2.82. The summed E-state index contributed by atoms with van der Waals surface area (Å²) >= 11 is 26.5. The van der Waals surface area contributed by atoms with Gasteiger partial charge in [0.2, 0.25) is 0 Å². The predicted molar refractivity (Wildman–Crippen MR) is 122 cm³/mol. The Morgan fingerprint density at radius 3 is 1.22 bits per heavy atom. The van der Waals surface area contributed by atoms with Crippen LogP contribution in [0.2, 0.25) is 10.0 Å². The average molecular weight is 659 g/mol. The van der Waals surface area contributed by atoms with Crippen LogP contribution in [0, 0.1) is 0 Å². The van der Waals surface area contributed by atoms with Gasteiger partial charge in [0.15, 0.2) is 11.5 Å². The third-order valence-corrected chi connectivity index (χ3v) is 9.32. The topological polar surface area (TPSA) is 18.5 Å². The lowest BCUT2D eigenvalue weighted by Gasteiger charge is -2.29. The fourth-order valence-corrected chi connectivity index (χ4v) is 5.28. The van der Waals surface area contributed by atoms with Gasteiger partial charge in [-0.3, -0.25) is 0 Å². The molecule has 0 unspecified atom stereocenters. The van der Waals surface area contributed by atoms with E-state index in [0.717, 1.165) is 29.0 Å². The lowest BCUT2D eigenvalue weighted by Crippen LogP contribution is -2.36. The molecule has 0 radical (unpaired) electrons. The zero-order chi connectivity index (χ0) is 19.3. The van der Waals surface area contributed by atoms with Gasteiger partial charge in [-0.05, 0) is 112 Å². The standard InChI is InChI=1S/C19H8Br4Cl2O2/c20-13-14(21)16(23)18-17(15(13)22)26-19(27-18,9-1-5-11(24)6-2-9)10-3-7-12(25)8-4-10/h1-8H. The van der Waals surface area contributed by atoms with Crippen LogP contribution in [0.5, 0.6) is 11.5 Å². The molecule has 0 bridgehead atoms. The lowest BCUT2D eigenvalue weighted by molar-refractivity contribution is -0.0465. The van der Waals surface area contributed by atoms with Crippen molar-refractivity contribution in [1.82, 2.24) is 0 Å². The van der Waals surface area contributed by atoms with Gasteiger partial charge in [0.25, 0.3) is 0 Å². The van der Waals surface area contributed by atoms with E-state index in [1.165, 1.54) is 0 Å². The van der Waals surface area contributed by atoms with Gasteiger partial charge in [0.1, 0.15) is 0 Å². The van der Waals surface area contributed by atoms with Crippen molar-refractivity contribution in [3.8, 4) is 11.5 Å². The third kappa shape index (κ3) is 3.36. The molecule has 0 amide bonds. The minimum Gasteiger partial charge on any atom is -0.439 e. The van der Waals surface area contributed by atoms with Gasteiger partial charge < -0.3 is 9.47 Å². The molecule has 1 heterocycles. The first-order valence-corrected chi connectivity index (χ1v) is 11.5. The lowest BCUT2D eigenvalue weighted by atomic mass is 9.97. The van der Waals surface area contributed by atoms with Crippen LogP contribution in [0.1, 0.15) is 11.1 Å². The molecule has 0 fully saturated rings. The molecule has 1 aliphatic rings. The van der Waals surface area contributed by atoms with E-state index in [-0.39, 0.29) is 0 Å². The second kappa shape index (κ2) is 7.54. The molecule has 0 spiro atoms. The SMILES string of the molecule is Clc1ccc(C2(c3ccc(Cl)cc3)Oc3c(Br)c(Br)c(Br)c(Br)c3O2)cc1. The highest BCUT2D eigenvalue weighted by Gasteiger charge is 2.48. The summed E-state index contributed by atoms with van der Waals surface area (Å²) in [5.41, 5.74) is 1.60. The first-order valence-electron chi connectivity index (χ1n) is 7.59. The van der Waals surface area contributed by atoms with E-state index in [0.29, 0.717) is 21.5 Å². The first-order chi connectivity index (χ1) is 12.8. The highest BCUT2D eigenvalue weighted by molar-refractivity contribution is 9.15. The van der Waals surface area contributed by atoms with Crippen LogP contribution >= 0.6 is 86.9 Å². The Morgan fingerprint density at radius 1 is 0.556 bits per heavy atom. The minimum absolute atomic E-state index is 0.585. The van der Waals surface area contributed by atoms with E-state index in [1.807, 2.05) is 24.3 Å². The van der Waals surface area contributed by atoms with Gasteiger partial charge >= 0.3 is 5.79 Å². The van der Waals surface area contributed by atoms with Gasteiger partial charge in [-0.25, -0.2) is 0 Å². The minimum atomic E-state index is -1.18. The molecule has 0 aromatic heterocycles. The second-order valence-corrected chi connectivity index (χ2v) is 9.79. The zero-order valence-corrected chi connectivity index (χ0v) is 21.1. The molecule has 0 atom stereocenters. The van der Waals surface area contributed by atoms with Gasteiger partial charge in [-0.2, -0.15) is 0 Å². The molecule has 138 valence electrons. The number of hydrogen-bond donors (Lipinski definition) is 0. The summed E-state index contributed by atoms with van der Waals surface area (Å²) in [6, 6.07) is 14.8. The van der Waals surface area contributed by atoms with Crippen LogP contribution in [-0.4, -0.2) is 0 Å². The quantitative estimate of drug-likeness (QED) is 0.203.